The Labute approximate surface area is 130 Å². The van der Waals surface area contributed by atoms with Crippen LogP contribution in [0.2, 0.25) is 0 Å². The van der Waals surface area contributed by atoms with Gasteiger partial charge in [-0.1, -0.05) is 33.3 Å². The van der Waals surface area contributed by atoms with Crippen LogP contribution in [-0.4, -0.2) is 24.1 Å². The Morgan fingerprint density at radius 2 is 2.19 bits per heavy atom. The minimum Gasteiger partial charge on any atom is -0.354 e. The SMILES string of the molecule is CCCC1CCCCN1c1cccc(CNCC(C)C)n1. The topological polar surface area (TPSA) is 28.2 Å². The third-order valence-corrected chi connectivity index (χ3v) is 4.19. The molecule has 0 bridgehead atoms. The molecular formula is C18H31N3. The summed E-state index contributed by atoms with van der Waals surface area (Å²) in [5.41, 5.74) is 1.16. The van der Waals surface area contributed by atoms with Gasteiger partial charge in [-0.05, 0) is 50.3 Å². The predicted octanol–water partition coefficient (Wildman–Crippen LogP) is 3.99. The fraction of sp³-hybridized carbons (Fsp3) is 0.722. The van der Waals surface area contributed by atoms with Gasteiger partial charge >= 0.3 is 0 Å². The standard InChI is InChI=1S/C18H31N3/c1-4-8-17-10-5-6-12-21(17)18-11-7-9-16(20-18)14-19-13-15(2)3/h7,9,11,15,17,19H,4-6,8,10,12-14H2,1-3H3. The molecule has 0 radical (unpaired) electrons. The van der Waals surface area contributed by atoms with Crippen molar-refractivity contribution >= 4 is 5.82 Å². The first-order chi connectivity index (χ1) is 10.2. The number of pyridine rings is 1. The van der Waals surface area contributed by atoms with Gasteiger partial charge < -0.3 is 10.2 Å². The normalized spacial score (nSPS) is 19.2. The number of hydrogen-bond acceptors (Lipinski definition) is 3. The van der Waals surface area contributed by atoms with Crippen LogP contribution in [-0.2, 0) is 6.54 Å². The van der Waals surface area contributed by atoms with Crippen molar-refractivity contribution in [2.75, 3.05) is 18.0 Å². The Morgan fingerprint density at radius 1 is 1.33 bits per heavy atom. The number of rotatable bonds is 7. The van der Waals surface area contributed by atoms with Crippen molar-refractivity contribution in [1.82, 2.24) is 10.3 Å². The van der Waals surface area contributed by atoms with E-state index in [2.05, 4.69) is 49.2 Å². The van der Waals surface area contributed by atoms with Crippen LogP contribution < -0.4 is 10.2 Å². The highest BCUT2D eigenvalue weighted by molar-refractivity contribution is 5.41. The molecule has 1 aromatic heterocycles. The number of nitrogens with zero attached hydrogens (tertiary/aromatic N) is 2. The van der Waals surface area contributed by atoms with Crippen LogP contribution in [0.25, 0.3) is 0 Å². The van der Waals surface area contributed by atoms with E-state index in [0.29, 0.717) is 12.0 Å². The van der Waals surface area contributed by atoms with E-state index < -0.39 is 0 Å². The van der Waals surface area contributed by atoms with Crippen LogP contribution in [0, 0.1) is 5.92 Å². The molecular weight excluding hydrogens is 258 g/mol. The smallest absolute Gasteiger partial charge is 0.129 e. The summed E-state index contributed by atoms with van der Waals surface area (Å²) in [6.45, 7) is 9.85. The van der Waals surface area contributed by atoms with Gasteiger partial charge in [0.15, 0.2) is 0 Å². The Hall–Kier alpha value is -1.09. The summed E-state index contributed by atoms with van der Waals surface area (Å²) < 4.78 is 0. The highest BCUT2D eigenvalue weighted by atomic mass is 15.2. The number of piperidine rings is 1. The molecule has 0 amide bonds. The van der Waals surface area contributed by atoms with Crippen molar-refractivity contribution in [2.45, 2.75) is 65.5 Å². The first-order valence-corrected chi connectivity index (χ1v) is 8.64. The average Bonchev–Trinajstić information content (AvgIpc) is 2.48. The Morgan fingerprint density at radius 3 is 2.95 bits per heavy atom. The van der Waals surface area contributed by atoms with Gasteiger partial charge in [0.2, 0.25) is 0 Å². The van der Waals surface area contributed by atoms with Crippen LogP contribution in [0.15, 0.2) is 18.2 Å². The second-order valence-corrected chi connectivity index (χ2v) is 6.64. The van der Waals surface area contributed by atoms with Crippen molar-refractivity contribution < 1.29 is 0 Å². The summed E-state index contributed by atoms with van der Waals surface area (Å²) in [5, 5.41) is 3.49. The molecule has 1 saturated heterocycles. The molecule has 21 heavy (non-hydrogen) atoms. The second-order valence-electron chi connectivity index (χ2n) is 6.64. The summed E-state index contributed by atoms with van der Waals surface area (Å²) >= 11 is 0. The zero-order chi connectivity index (χ0) is 15.1. The van der Waals surface area contributed by atoms with Gasteiger partial charge in [0.1, 0.15) is 5.82 Å². The van der Waals surface area contributed by atoms with Crippen LogP contribution in [0.5, 0.6) is 0 Å². The van der Waals surface area contributed by atoms with Crippen LogP contribution in [0.3, 0.4) is 0 Å². The molecule has 2 rings (SSSR count). The molecule has 0 aliphatic carbocycles. The molecule has 1 N–H and O–H groups in total. The summed E-state index contributed by atoms with van der Waals surface area (Å²) in [6, 6.07) is 7.16. The van der Waals surface area contributed by atoms with Gasteiger partial charge in [-0.15, -0.1) is 0 Å². The Kier molecular flexibility index (Phi) is 6.50. The van der Waals surface area contributed by atoms with E-state index in [1.165, 1.54) is 44.5 Å². The number of anilines is 1. The van der Waals surface area contributed by atoms with E-state index >= 15 is 0 Å². The highest BCUT2D eigenvalue weighted by Crippen LogP contribution is 2.26. The third-order valence-electron chi connectivity index (χ3n) is 4.19. The summed E-state index contributed by atoms with van der Waals surface area (Å²) in [5.74, 6) is 1.86. The lowest BCUT2D eigenvalue weighted by Crippen LogP contribution is -2.40. The number of hydrogen-bond donors (Lipinski definition) is 1. The molecule has 0 spiro atoms. The minimum atomic E-state index is 0.684. The van der Waals surface area contributed by atoms with Gasteiger partial charge in [-0.2, -0.15) is 0 Å². The van der Waals surface area contributed by atoms with Crippen molar-refractivity contribution in [1.29, 1.82) is 0 Å². The first-order valence-electron chi connectivity index (χ1n) is 8.64. The van der Waals surface area contributed by atoms with E-state index in [0.717, 1.165) is 18.8 Å². The first kappa shape index (κ1) is 16.3. The molecule has 2 heterocycles. The second kappa shape index (κ2) is 8.38. The zero-order valence-corrected chi connectivity index (χ0v) is 13.9. The van der Waals surface area contributed by atoms with Gasteiger partial charge in [0, 0.05) is 19.1 Å². The van der Waals surface area contributed by atoms with Gasteiger partial charge in [-0.3, -0.25) is 0 Å². The molecule has 1 aliphatic rings. The van der Waals surface area contributed by atoms with E-state index in [1.807, 2.05) is 0 Å². The molecule has 1 fully saturated rings. The molecule has 0 saturated carbocycles. The quantitative estimate of drug-likeness (QED) is 0.822. The molecule has 3 nitrogen and oxygen atoms in total. The molecule has 1 aromatic rings. The molecule has 3 heteroatoms. The van der Waals surface area contributed by atoms with E-state index in [9.17, 15) is 0 Å². The lowest BCUT2D eigenvalue weighted by atomic mass is 9.98. The molecule has 118 valence electrons. The van der Waals surface area contributed by atoms with Gasteiger partial charge in [0.05, 0.1) is 5.69 Å². The fourth-order valence-electron chi connectivity index (χ4n) is 3.15. The summed E-state index contributed by atoms with van der Waals surface area (Å²) in [7, 11) is 0. The van der Waals surface area contributed by atoms with Crippen molar-refractivity contribution in [3.05, 3.63) is 23.9 Å². The predicted molar refractivity (Wildman–Crippen MR) is 90.7 cm³/mol. The number of nitrogens with one attached hydrogen (secondary N) is 1. The van der Waals surface area contributed by atoms with E-state index in [-0.39, 0.29) is 0 Å². The summed E-state index contributed by atoms with van der Waals surface area (Å²) in [6.07, 6.45) is 6.55. The molecule has 1 unspecified atom stereocenters. The van der Waals surface area contributed by atoms with Crippen molar-refractivity contribution in [3.63, 3.8) is 0 Å². The summed E-state index contributed by atoms with van der Waals surface area (Å²) in [4.78, 5) is 7.43. The third kappa shape index (κ3) is 4.99. The largest absolute Gasteiger partial charge is 0.354 e. The van der Waals surface area contributed by atoms with Gasteiger partial charge in [0.25, 0.3) is 0 Å². The molecule has 1 aliphatic heterocycles. The van der Waals surface area contributed by atoms with Crippen LogP contribution in [0.1, 0.15) is 58.6 Å². The maximum absolute atomic E-state index is 4.89. The average molecular weight is 289 g/mol. The minimum absolute atomic E-state index is 0.684. The maximum atomic E-state index is 4.89. The monoisotopic (exact) mass is 289 g/mol. The van der Waals surface area contributed by atoms with E-state index in [1.54, 1.807) is 0 Å². The lowest BCUT2D eigenvalue weighted by molar-refractivity contribution is 0.431. The number of aromatic nitrogens is 1. The molecule has 1 atom stereocenters. The lowest BCUT2D eigenvalue weighted by Gasteiger charge is -2.37. The highest BCUT2D eigenvalue weighted by Gasteiger charge is 2.22. The Bertz CT molecular complexity index is 415. The van der Waals surface area contributed by atoms with Crippen LogP contribution in [0.4, 0.5) is 5.82 Å². The Balaban J connectivity index is 2.01. The fourth-order valence-corrected chi connectivity index (χ4v) is 3.15. The zero-order valence-electron chi connectivity index (χ0n) is 13.9. The van der Waals surface area contributed by atoms with Crippen molar-refractivity contribution in [3.8, 4) is 0 Å². The van der Waals surface area contributed by atoms with Crippen molar-refractivity contribution in [2.24, 2.45) is 5.92 Å². The van der Waals surface area contributed by atoms with Gasteiger partial charge in [-0.25, -0.2) is 4.98 Å². The molecule has 0 aromatic carbocycles. The maximum Gasteiger partial charge on any atom is 0.129 e. The van der Waals surface area contributed by atoms with E-state index in [4.69, 9.17) is 4.98 Å². The van der Waals surface area contributed by atoms with Crippen LogP contribution >= 0.6 is 0 Å².